The molecule has 7 rings (SSSR count). The lowest BCUT2D eigenvalue weighted by Crippen LogP contribution is -1.99. The summed E-state index contributed by atoms with van der Waals surface area (Å²) in [5.74, 6) is 1.53. The molecule has 0 unspecified atom stereocenters. The molecule has 37 heavy (non-hydrogen) atoms. The predicted octanol–water partition coefficient (Wildman–Crippen LogP) is 8.57. The molecular weight excluding hydrogens is 450 g/mol. The number of aromatic nitrogens is 3. The molecule has 0 aliphatic carbocycles. The Bertz CT molecular complexity index is 1870. The minimum Gasteiger partial charge on any atom is -0.213 e. The highest BCUT2D eigenvalue weighted by Gasteiger charge is 2.15. The maximum atomic E-state index is 5.03. The smallest absolute Gasteiger partial charge is 0.182 e. The molecule has 6 aromatic carbocycles. The second-order valence-electron chi connectivity index (χ2n) is 9.21. The number of hydrogen-bond donors (Lipinski definition) is 0. The van der Waals surface area contributed by atoms with Gasteiger partial charge in [-0.15, -0.1) is 5.10 Å². The Morgan fingerprint density at radius 1 is 0.405 bits per heavy atom. The summed E-state index contributed by atoms with van der Waals surface area (Å²) in [5, 5.41) is 9.84. The van der Waals surface area contributed by atoms with Crippen molar-refractivity contribution < 1.29 is 0 Å². The second-order valence-corrected chi connectivity index (χ2v) is 9.21. The van der Waals surface area contributed by atoms with Crippen molar-refractivity contribution in [1.82, 2.24) is 14.8 Å². The topological polar surface area (TPSA) is 30.7 Å². The van der Waals surface area contributed by atoms with E-state index in [0.717, 1.165) is 22.6 Å². The summed E-state index contributed by atoms with van der Waals surface area (Å²) in [6.45, 7) is 0. The lowest BCUT2D eigenvalue weighted by atomic mass is 10.0. The zero-order chi connectivity index (χ0) is 24.6. The summed E-state index contributed by atoms with van der Waals surface area (Å²) in [6.07, 6.45) is 0. The van der Waals surface area contributed by atoms with Crippen LogP contribution in [-0.4, -0.2) is 14.8 Å². The van der Waals surface area contributed by atoms with Gasteiger partial charge < -0.3 is 0 Å². The Hall–Kier alpha value is -5.02. The normalized spacial score (nSPS) is 11.2. The molecule has 0 bridgehead atoms. The molecule has 1 heterocycles. The number of fused-ring (bicyclic) bond motifs is 2. The fourth-order valence-corrected chi connectivity index (χ4v) is 4.88. The van der Waals surface area contributed by atoms with Crippen molar-refractivity contribution in [2.45, 2.75) is 0 Å². The number of para-hydroxylation sites is 1. The van der Waals surface area contributed by atoms with Gasteiger partial charge in [0.25, 0.3) is 0 Å². The first-order valence-electron chi connectivity index (χ1n) is 12.4. The summed E-state index contributed by atoms with van der Waals surface area (Å²) in [7, 11) is 0. The Morgan fingerprint density at radius 3 is 1.59 bits per heavy atom. The number of benzene rings is 6. The average Bonchev–Trinajstić information content (AvgIpc) is 3.43. The van der Waals surface area contributed by atoms with Gasteiger partial charge in [-0.05, 0) is 56.9 Å². The summed E-state index contributed by atoms with van der Waals surface area (Å²) in [4.78, 5) is 5.03. The standard InChI is InChI=1S/C34H23N3/c1-2-12-32(13-3-1)37-34(31-21-17-25-9-5-7-11-29(25)23-31)35-33(36-37)27-18-14-26(15-19-27)30-20-16-24-8-4-6-10-28(24)22-30/h1-23H. The first-order chi connectivity index (χ1) is 18.3. The number of nitrogens with zero attached hydrogens (tertiary/aromatic N) is 3. The van der Waals surface area contributed by atoms with E-state index in [9.17, 15) is 0 Å². The molecule has 7 aromatic rings. The third kappa shape index (κ3) is 3.97. The minimum absolute atomic E-state index is 0.706. The number of rotatable bonds is 4. The fourth-order valence-electron chi connectivity index (χ4n) is 4.88. The maximum Gasteiger partial charge on any atom is 0.182 e. The third-order valence-electron chi connectivity index (χ3n) is 6.84. The Labute approximate surface area is 215 Å². The Morgan fingerprint density at radius 2 is 0.919 bits per heavy atom. The van der Waals surface area contributed by atoms with Gasteiger partial charge in [-0.3, -0.25) is 0 Å². The molecule has 0 atom stereocenters. The Balaban J connectivity index is 1.30. The van der Waals surface area contributed by atoms with Gasteiger partial charge in [0.1, 0.15) is 0 Å². The highest BCUT2D eigenvalue weighted by Crippen LogP contribution is 2.30. The van der Waals surface area contributed by atoms with Crippen LogP contribution in [0.2, 0.25) is 0 Å². The highest BCUT2D eigenvalue weighted by atomic mass is 15.4. The van der Waals surface area contributed by atoms with E-state index < -0.39 is 0 Å². The van der Waals surface area contributed by atoms with Crippen LogP contribution in [0.15, 0.2) is 140 Å². The Kier molecular flexibility index (Phi) is 5.11. The van der Waals surface area contributed by atoms with Crippen molar-refractivity contribution in [3.63, 3.8) is 0 Å². The van der Waals surface area contributed by atoms with E-state index in [0.29, 0.717) is 5.82 Å². The molecule has 3 heteroatoms. The minimum atomic E-state index is 0.706. The van der Waals surface area contributed by atoms with Crippen molar-refractivity contribution in [3.8, 4) is 39.6 Å². The van der Waals surface area contributed by atoms with Gasteiger partial charge in [0.15, 0.2) is 11.6 Å². The summed E-state index contributed by atoms with van der Waals surface area (Å²) in [6, 6.07) is 48.6. The van der Waals surface area contributed by atoms with Crippen LogP contribution in [0.1, 0.15) is 0 Å². The molecule has 0 saturated heterocycles. The molecule has 0 radical (unpaired) electrons. The number of hydrogen-bond acceptors (Lipinski definition) is 2. The molecule has 174 valence electrons. The quantitative estimate of drug-likeness (QED) is 0.256. The zero-order valence-electron chi connectivity index (χ0n) is 20.1. The maximum absolute atomic E-state index is 5.03. The monoisotopic (exact) mass is 473 g/mol. The van der Waals surface area contributed by atoms with E-state index in [1.807, 2.05) is 22.9 Å². The fraction of sp³-hybridized carbons (Fsp3) is 0. The van der Waals surface area contributed by atoms with Crippen molar-refractivity contribution in [1.29, 1.82) is 0 Å². The van der Waals surface area contributed by atoms with E-state index in [2.05, 4.69) is 121 Å². The predicted molar refractivity (Wildman–Crippen MR) is 153 cm³/mol. The molecule has 0 saturated carbocycles. The summed E-state index contributed by atoms with van der Waals surface area (Å²) in [5.41, 5.74) is 5.38. The van der Waals surface area contributed by atoms with E-state index >= 15 is 0 Å². The molecule has 0 aliphatic heterocycles. The molecule has 3 nitrogen and oxygen atoms in total. The molecular formula is C34H23N3. The van der Waals surface area contributed by atoms with E-state index in [1.54, 1.807) is 0 Å². The second kappa shape index (κ2) is 8.89. The molecule has 0 fully saturated rings. The van der Waals surface area contributed by atoms with Gasteiger partial charge in [-0.2, -0.15) is 0 Å². The van der Waals surface area contributed by atoms with Gasteiger partial charge in [-0.1, -0.05) is 115 Å². The average molecular weight is 474 g/mol. The first-order valence-corrected chi connectivity index (χ1v) is 12.4. The molecule has 0 N–H and O–H groups in total. The van der Waals surface area contributed by atoms with Gasteiger partial charge in [0.2, 0.25) is 0 Å². The van der Waals surface area contributed by atoms with Crippen LogP contribution in [0, 0.1) is 0 Å². The van der Waals surface area contributed by atoms with E-state index in [4.69, 9.17) is 10.1 Å². The van der Waals surface area contributed by atoms with Gasteiger partial charge >= 0.3 is 0 Å². The SMILES string of the molecule is c1ccc(-n2nc(-c3ccc(-c4ccc5ccccc5c4)cc3)nc2-c2ccc3ccccc3c2)cc1. The van der Waals surface area contributed by atoms with Gasteiger partial charge in [-0.25, -0.2) is 9.67 Å². The molecule has 0 amide bonds. The van der Waals surface area contributed by atoms with Crippen LogP contribution >= 0.6 is 0 Å². The van der Waals surface area contributed by atoms with Crippen molar-refractivity contribution >= 4 is 21.5 Å². The van der Waals surface area contributed by atoms with Crippen LogP contribution < -0.4 is 0 Å². The zero-order valence-corrected chi connectivity index (χ0v) is 20.1. The molecule has 1 aromatic heterocycles. The van der Waals surface area contributed by atoms with Crippen LogP contribution in [-0.2, 0) is 0 Å². The van der Waals surface area contributed by atoms with Gasteiger partial charge in [0, 0.05) is 11.1 Å². The third-order valence-corrected chi connectivity index (χ3v) is 6.84. The lowest BCUT2D eigenvalue weighted by molar-refractivity contribution is 0.891. The first kappa shape index (κ1) is 21.3. The van der Waals surface area contributed by atoms with Crippen LogP contribution in [0.25, 0.3) is 61.1 Å². The van der Waals surface area contributed by atoms with Crippen molar-refractivity contribution in [3.05, 3.63) is 140 Å². The van der Waals surface area contributed by atoms with Crippen LogP contribution in [0.5, 0.6) is 0 Å². The van der Waals surface area contributed by atoms with E-state index in [1.165, 1.54) is 32.7 Å². The summed E-state index contributed by atoms with van der Waals surface area (Å²) < 4.78 is 1.94. The molecule has 0 spiro atoms. The van der Waals surface area contributed by atoms with Gasteiger partial charge in [0.05, 0.1) is 5.69 Å². The lowest BCUT2D eigenvalue weighted by Gasteiger charge is -2.07. The summed E-state index contributed by atoms with van der Waals surface area (Å²) >= 11 is 0. The van der Waals surface area contributed by atoms with Crippen LogP contribution in [0.3, 0.4) is 0 Å². The largest absolute Gasteiger partial charge is 0.213 e. The highest BCUT2D eigenvalue weighted by molar-refractivity contribution is 5.88. The van der Waals surface area contributed by atoms with Crippen molar-refractivity contribution in [2.75, 3.05) is 0 Å². The molecule has 0 aliphatic rings. The van der Waals surface area contributed by atoms with Crippen LogP contribution in [0.4, 0.5) is 0 Å². The van der Waals surface area contributed by atoms with Crippen molar-refractivity contribution in [2.24, 2.45) is 0 Å². The van der Waals surface area contributed by atoms with E-state index in [-0.39, 0.29) is 0 Å².